The van der Waals surface area contributed by atoms with E-state index in [1.807, 2.05) is 0 Å². The Kier molecular flexibility index (Phi) is 6.76. The number of rotatable bonds is 6. The van der Waals surface area contributed by atoms with Gasteiger partial charge in [-0.15, -0.1) is 11.6 Å². The van der Waals surface area contributed by atoms with Gasteiger partial charge in [-0.1, -0.05) is 0 Å². The van der Waals surface area contributed by atoms with Gasteiger partial charge in [0.15, 0.2) is 0 Å². The molecule has 0 heterocycles. The lowest BCUT2D eigenvalue weighted by molar-refractivity contribution is 0.248. The van der Waals surface area contributed by atoms with Crippen molar-refractivity contribution in [3.8, 4) is 0 Å². The van der Waals surface area contributed by atoms with Gasteiger partial charge in [0, 0.05) is 14.2 Å². The monoisotopic (exact) mass is 214 g/mol. The molecule has 0 amide bonds. The van der Waals surface area contributed by atoms with E-state index in [2.05, 4.69) is 12.6 Å². The highest BCUT2D eigenvalue weighted by Crippen LogP contribution is 2.16. The molecule has 0 aromatic carbocycles. The van der Waals surface area contributed by atoms with E-state index in [1.165, 1.54) is 0 Å². The lowest BCUT2D eigenvalue weighted by atomic mass is 10.6. The van der Waals surface area contributed by atoms with Crippen LogP contribution in [-0.4, -0.2) is 34.0 Å². The zero-order valence-corrected chi connectivity index (χ0v) is 9.62. The summed E-state index contributed by atoms with van der Waals surface area (Å²) in [6.07, 6.45) is 1.00. The lowest BCUT2D eigenvalue weighted by Gasteiger charge is -2.24. The highest BCUT2D eigenvalue weighted by Gasteiger charge is 2.33. The molecule has 0 fully saturated rings. The summed E-state index contributed by atoms with van der Waals surface area (Å²) in [6.45, 7) is 0. The molecule has 0 spiro atoms. The molecule has 0 saturated carbocycles. The molecule has 2 nitrogen and oxygen atoms in total. The second-order valence-corrected chi connectivity index (χ2v) is 6.93. The fraction of sp³-hybridized carbons (Fsp3) is 1.00. The number of hydrogen-bond donors (Lipinski definition) is 1. The first-order valence-corrected chi connectivity index (χ1v) is 6.91. The van der Waals surface area contributed by atoms with E-state index < -0.39 is 8.56 Å². The average Bonchev–Trinajstić information content (AvgIpc) is 2.08. The van der Waals surface area contributed by atoms with Crippen LogP contribution in [0.2, 0.25) is 6.04 Å². The number of halogens is 1. The van der Waals surface area contributed by atoms with Gasteiger partial charge in [0.2, 0.25) is 0 Å². The van der Waals surface area contributed by atoms with Gasteiger partial charge in [-0.2, -0.15) is 12.6 Å². The molecule has 0 aliphatic heterocycles. The zero-order chi connectivity index (χ0) is 8.74. The van der Waals surface area contributed by atoms with Gasteiger partial charge in [0.25, 0.3) is 0 Å². The van der Waals surface area contributed by atoms with Crippen LogP contribution in [0.4, 0.5) is 0 Å². The molecule has 0 bridgehead atoms. The molecule has 0 unspecified atom stereocenters. The molecule has 0 aliphatic carbocycles. The molecule has 0 rings (SSSR count). The third-order valence-corrected chi connectivity index (χ3v) is 6.21. The normalized spacial score (nSPS) is 12.0. The Morgan fingerprint density at radius 2 is 1.91 bits per heavy atom. The van der Waals surface area contributed by atoms with Crippen LogP contribution in [0.15, 0.2) is 0 Å². The minimum Gasteiger partial charge on any atom is -0.397 e. The van der Waals surface area contributed by atoms with Crippen molar-refractivity contribution in [1.29, 1.82) is 0 Å². The molecule has 0 aromatic heterocycles. The maximum atomic E-state index is 5.75. The summed E-state index contributed by atoms with van der Waals surface area (Å²) in [6, 6.07) is 0.924. The van der Waals surface area contributed by atoms with Crippen molar-refractivity contribution in [2.24, 2.45) is 0 Å². The predicted molar refractivity (Wildman–Crippen MR) is 53.8 cm³/mol. The first kappa shape index (κ1) is 11.8. The Bertz CT molecular complexity index is 92.3. The quantitative estimate of drug-likeness (QED) is 0.413. The zero-order valence-electron chi connectivity index (χ0n) is 6.97. The van der Waals surface area contributed by atoms with Crippen molar-refractivity contribution >= 4 is 32.8 Å². The largest absolute Gasteiger partial charge is 0.397 e. The van der Waals surface area contributed by atoms with Crippen molar-refractivity contribution in [2.45, 2.75) is 12.5 Å². The third kappa shape index (κ3) is 3.80. The summed E-state index contributed by atoms with van der Waals surface area (Å²) in [7, 11) is 1.30. The number of thiol groups is 1. The van der Waals surface area contributed by atoms with E-state index in [4.69, 9.17) is 20.5 Å². The van der Waals surface area contributed by atoms with Crippen molar-refractivity contribution in [3.63, 3.8) is 0 Å². The van der Waals surface area contributed by atoms with Crippen LogP contribution in [-0.2, 0) is 8.85 Å². The Morgan fingerprint density at radius 3 is 2.18 bits per heavy atom. The van der Waals surface area contributed by atoms with Crippen LogP contribution in [0.5, 0.6) is 0 Å². The third-order valence-electron chi connectivity index (χ3n) is 1.66. The molecule has 0 aliphatic rings. The Hall–Kier alpha value is 0.777. The van der Waals surface area contributed by atoms with Gasteiger partial charge >= 0.3 is 8.56 Å². The molecular formula is C6H15ClO2SSi. The maximum Gasteiger partial charge on any atom is 0.352 e. The maximum absolute atomic E-state index is 5.75. The van der Waals surface area contributed by atoms with Gasteiger partial charge < -0.3 is 8.85 Å². The van der Waals surface area contributed by atoms with Gasteiger partial charge in [0.1, 0.15) is 0 Å². The Balaban J connectivity index is 3.84. The summed E-state index contributed by atoms with van der Waals surface area (Å²) >= 11 is 9.86. The Morgan fingerprint density at radius 1 is 1.36 bits per heavy atom. The molecule has 11 heavy (non-hydrogen) atoms. The molecular weight excluding hydrogens is 200 g/mol. The van der Waals surface area contributed by atoms with Crippen LogP contribution >= 0.6 is 24.2 Å². The van der Waals surface area contributed by atoms with E-state index >= 15 is 0 Å². The molecule has 0 aromatic rings. The molecule has 0 N–H and O–H groups in total. The average molecular weight is 215 g/mol. The van der Waals surface area contributed by atoms with E-state index in [-0.39, 0.29) is 0 Å². The second-order valence-electron chi connectivity index (χ2n) is 2.28. The minimum absolute atomic E-state index is 0.494. The van der Waals surface area contributed by atoms with E-state index in [0.717, 1.165) is 18.2 Å². The van der Waals surface area contributed by atoms with E-state index in [9.17, 15) is 0 Å². The van der Waals surface area contributed by atoms with E-state index in [0.29, 0.717) is 5.50 Å². The summed E-state index contributed by atoms with van der Waals surface area (Å²) in [5, 5.41) is 0. The minimum atomic E-state index is -2.02. The van der Waals surface area contributed by atoms with Gasteiger partial charge in [-0.3, -0.25) is 0 Å². The van der Waals surface area contributed by atoms with Crippen molar-refractivity contribution in [3.05, 3.63) is 0 Å². The molecule has 0 radical (unpaired) electrons. The van der Waals surface area contributed by atoms with Crippen molar-refractivity contribution in [2.75, 3.05) is 25.5 Å². The number of hydrogen-bond acceptors (Lipinski definition) is 3. The van der Waals surface area contributed by atoms with Crippen molar-refractivity contribution in [1.82, 2.24) is 0 Å². The van der Waals surface area contributed by atoms with Crippen molar-refractivity contribution < 1.29 is 8.85 Å². The topological polar surface area (TPSA) is 18.5 Å². The summed E-state index contributed by atoms with van der Waals surface area (Å²) < 4.78 is 10.6. The SMILES string of the molecule is CO[Si](CCl)(CCCS)OC. The van der Waals surface area contributed by atoms with Crippen LogP contribution in [0, 0.1) is 0 Å². The fourth-order valence-electron chi connectivity index (χ4n) is 0.812. The predicted octanol–water partition coefficient (Wildman–Crippen LogP) is 1.82. The summed E-state index contributed by atoms with van der Waals surface area (Å²) in [5.74, 6) is 0.859. The first-order chi connectivity index (χ1) is 5.24. The van der Waals surface area contributed by atoms with Gasteiger partial charge in [-0.25, -0.2) is 0 Å². The smallest absolute Gasteiger partial charge is 0.352 e. The molecule has 68 valence electrons. The van der Waals surface area contributed by atoms with Gasteiger partial charge in [-0.05, 0) is 18.2 Å². The van der Waals surface area contributed by atoms with Gasteiger partial charge in [0.05, 0.1) is 5.50 Å². The highest BCUT2D eigenvalue weighted by molar-refractivity contribution is 7.80. The standard InChI is InChI=1S/C6H15ClO2SSi/c1-8-11(6-7,9-2)5-3-4-10/h10H,3-6H2,1-2H3. The summed E-state index contributed by atoms with van der Waals surface area (Å²) in [4.78, 5) is 0. The molecule has 0 atom stereocenters. The fourth-order valence-corrected chi connectivity index (χ4v) is 3.97. The molecule has 5 heteroatoms. The van der Waals surface area contributed by atoms with Crippen LogP contribution in [0.3, 0.4) is 0 Å². The van der Waals surface area contributed by atoms with Crippen LogP contribution in [0.25, 0.3) is 0 Å². The summed E-state index contributed by atoms with van der Waals surface area (Å²) in [5.41, 5.74) is 0.494. The molecule has 0 saturated heterocycles. The van der Waals surface area contributed by atoms with E-state index in [1.54, 1.807) is 14.2 Å². The first-order valence-electron chi connectivity index (χ1n) is 3.52. The number of alkyl halides is 1. The van der Waals surface area contributed by atoms with Crippen LogP contribution in [0.1, 0.15) is 6.42 Å². The van der Waals surface area contributed by atoms with Crippen LogP contribution < -0.4 is 0 Å². The second kappa shape index (κ2) is 6.31. The lowest BCUT2D eigenvalue weighted by Crippen LogP contribution is -2.42. The highest BCUT2D eigenvalue weighted by atomic mass is 35.5. The Labute approximate surface area is 79.9 Å².